The summed E-state index contributed by atoms with van der Waals surface area (Å²) in [7, 11) is 0. The first-order chi connectivity index (χ1) is 9.40. The Labute approximate surface area is 116 Å². The summed E-state index contributed by atoms with van der Waals surface area (Å²) < 4.78 is 0. The fourth-order valence-corrected chi connectivity index (χ4v) is 1.99. The summed E-state index contributed by atoms with van der Waals surface area (Å²) in [6.07, 6.45) is 1.42. The van der Waals surface area contributed by atoms with Crippen molar-refractivity contribution in [1.82, 2.24) is 4.98 Å². The molecule has 104 valence electrons. The molecule has 0 unspecified atom stereocenters. The molecule has 0 aliphatic heterocycles. The summed E-state index contributed by atoms with van der Waals surface area (Å²) >= 11 is 0. The zero-order chi connectivity index (χ0) is 14.9. The monoisotopic (exact) mass is 271 g/mol. The molecule has 4 N–H and O–H groups in total. The zero-order valence-corrected chi connectivity index (χ0v) is 11.7. The molecule has 20 heavy (non-hydrogen) atoms. The lowest BCUT2D eigenvalue weighted by Gasteiger charge is -2.13. The van der Waals surface area contributed by atoms with Crippen LogP contribution in [0.15, 0.2) is 29.2 Å². The van der Waals surface area contributed by atoms with Crippen molar-refractivity contribution in [3.05, 3.63) is 57.0 Å². The maximum Gasteiger partial charge on any atom is 0.261 e. The predicted octanol–water partition coefficient (Wildman–Crippen LogP) is 2.13. The van der Waals surface area contributed by atoms with Crippen molar-refractivity contribution in [2.24, 2.45) is 0 Å². The van der Waals surface area contributed by atoms with Crippen molar-refractivity contribution in [2.45, 2.75) is 20.8 Å². The van der Waals surface area contributed by atoms with Gasteiger partial charge in [0.2, 0.25) is 0 Å². The Morgan fingerprint density at radius 3 is 2.60 bits per heavy atom. The Hall–Kier alpha value is -2.56. The molecule has 2 aromatic rings. The molecule has 0 bridgehead atoms. The second-order valence-electron chi connectivity index (χ2n) is 4.82. The second kappa shape index (κ2) is 5.21. The SMILES string of the molecule is Cc1cc(=O)c(C(=O)Nc2c(C)ccc(N)c2C)c[nH]1. The van der Waals surface area contributed by atoms with Crippen LogP contribution in [0.25, 0.3) is 0 Å². The van der Waals surface area contributed by atoms with Gasteiger partial charge in [0.05, 0.1) is 0 Å². The minimum absolute atomic E-state index is 0.0804. The van der Waals surface area contributed by atoms with Crippen molar-refractivity contribution in [3.8, 4) is 0 Å². The minimum atomic E-state index is -0.442. The molecule has 1 aromatic carbocycles. The van der Waals surface area contributed by atoms with Crippen LogP contribution < -0.4 is 16.5 Å². The van der Waals surface area contributed by atoms with Crippen molar-refractivity contribution in [1.29, 1.82) is 0 Å². The number of H-pyrrole nitrogens is 1. The van der Waals surface area contributed by atoms with E-state index < -0.39 is 5.91 Å². The standard InChI is InChI=1S/C15H17N3O2/c1-8-4-5-12(16)10(3)14(8)18-15(20)11-7-17-9(2)6-13(11)19/h4-7H,16H2,1-3H3,(H,17,19)(H,18,20). The number of aromatic nitrogens is 1. The number of amides is 1. The summed E-state index contributed by atoms with van der Waals surface area (Å²) in [4.78, 5) is 26.9. The van der Waals surface area contributed by atoms with Gasteiger partial charge in [-0.2, -0.15) is 0 Å². The lowest BCUT2D eigenvalue weighted by Crippen LogP contribution is -2.22. The lowest BCUT2D eigenvalue weighted by atomic mass is 10.1. The number of nitrogen functional groups attached to an aromatic ring is 1. The molecular formula is C15H17N3O2. The van der Waals surface area contributed by atoms with Crippen LogP contribution in [0.2, 0.25) is 0 Å². The number of hydrogen-bond donors (Lipinski definition) is 3. The van der Waals surface area contributed by atoms with E-state index in [4.69, 9.17) is 5.73 Å². The van der Waals surface area contributed by atoms with E-state index in [1.54, 1.807) is 13.0 Å². The van der Waals surface area contributed by atoms with E-state index >= 15 is 0 Å². The van der Waals surface area contributed by atoms with E-state index in [-0.39, 0.29) is 11.0 Å². The summed E-state index contributed by atoms with van der Waals surface area (Å²) in [5.41, 5.74) is 9.26. The van der Waals surface area contributed by atoms with Gasteiger partial charge >= 0.3 is 0 Å². The van der Waals surface area contributed by atoms with Gasteiger partial charge in [-0.15, -0.1) is 0 Å². The molecule has 0 atom stereocenters. The number of aryl methyl sites for hydroxylation is 2. The maximum absolute atomic E-state index is 12.2. The Morgan fingerprint density at radius 2 is 1.95 bits per heavy atom. The molecule has 1 aromatic heterocycles. The summed E-state index contributed by atoms with van der Waals surface area (Å²) in [5.74, 6) is -0.442. The second-order valence-corrected chi connectivity index (χ2v) is 4.82. The van der Waals surface area contributed by atoms with Crippen LogP contribution in [-0.2, 0) is 0 Å². The lowest BCUT2D eigenvalue weighted by molar-refractivity contribution is 0.102. The highest BCUT2D eigenvalue weighted by molar-refractivity contribution is 6.05. The Bertz CT molecular complexity index is 732. The smallest absolute Gasteiger partial charge is 0.261 e. The quantitative estimate of drug-likeness (QED) is 0.731. The van der Waals surface area contributed by atoms with Crippen LogP contribution in [0, 0.1) is 20.8 Å². The third kappa shape index (κ3) is 2.56. The number of hydrogen-bond acceptors (Lipinski definition) is 3. The number of aromatic amines is 1. The van der Waals surface area contributed by atoms with E-state index in [0.717, 1.165) is 11.1 Å². The molecule has 0 fully saturated rings. The highest BCUT2D eigenvalue weighted by atomic mass is 16.2. The van der Waals surface area contributed by atoms with Crippen LogP contribution >= 0.6 is 0 Å². The van der Waals surface area contributed by atoms with Crippen LogP contribution in [0.4, 0.5) is 11.4 Å². The molecule has 1 heterocycles. The first-order valence-corrected chi connectivity index (χ1v) is 6.26. The zero-order valence-electron chi connectivity index (χ0n) is 11.7. The summed E-state index contributed by atoms with van der Waals surface area (Å²) in [6, 6.07) is 5.02. The minimum Gasteiger partial charge on any atom is -0.398 e. The van der Waals surface area contributed by atoms with Gasteiger partial charge in [-0.1, -0.05) is 6.07 Å². The molecule has 0 saturated heterocycles. The molecule has 0 saturated carbocycles. The summed E-state index contributed by atoms with van der Waals surface area (Å²) in [5, 5.41) is 2.76. The van der Waals surface area contributed by atoms with Crippen LogP contribution in [0.3, 0.4) is 0 Å². The molecule has 0 radical (unpaired) electrons. The molecule has 1 amide bonds. The van der Waals surface area contributed by atoms with Crippen LogP contribution in [0.1, 0.15) is 27.2 Å². The number of anilines is 2. The predicted molar refractivity (Wildman–Crippen MR) is 80.1 cm³/mol. The van der Waals surface area contributed by atoms with E-state index in [0.29, 0.717) is 17.1 Å². The van der Waals surface area contributed by atoms with Crippen molar-refractivity contribution in [3.63, 3.8) is 0 Å². The highest BCUT2D eigenvalue weighted by Gasteiger charge is 2.14. The topological polar surface area (TPSA) is 88.0 Å². The molecule has 2 rings (SSSR count). The van der Waals surface area contributed by atoms with Gasteiger partial charge in [0.1, 0.15) is 5.56 Å². The third-order valence-corrected chi connectivity index (χ3v) is 3.26. The third-order valence-electron chi connectivity index (χ3n) is 3.26. The van der Waals surface area contributed by atoms with Gasteiger partial charge in [0, 0.05) is 29.3 Å². The number of pyridine rings is 1. The Kier molecular flexibility index (Phi) is 3.61. The normalized spacial score (nSPS) is 10.3. The first kappa shape index (κ1) is 13.9. The van der Waals surface area contributed by atoms with Crippen LogP contribution in [-0.4, -0.2) is 10.9 Å². The van der Waals surface area contributed by atoms with E-state index in [1.165, 1.54) is 12.3 Å². The van der Waals surface area contributed by atoms with Crippen molar-refractivity contribution >= 4 is 17.3 Å². The maximum atomic E-state index is 12.2. The Morgan fingerprint density at radius 1 is 1.25 bits per heavy atom. The van der Waals surface area contributed by atoms with E-state index in [2.05, 4.69) is 10.3 Å². The van der Waals surface area contributed by atoms with E-state index in [1.807, 2.05) is 19.9 Å². The summed E-state index contributed by atoms with van der Waals surface area (Å²) in [6.45, 7) is 5.47. The first-order valence-electron chi connectivity index (χ1n) is 6.26. The molecule has 5 heteroatoms. The van der Waals surface area contributed by atoms with Gasteiger partial charge < -0.3 is 16.0 Å². The molecule has 0 aliphatic carbocycles. The molecule has 0 spiro atoms. The molecule has 5 nitrogen and oxygen atoms in total. The van der Waals surface area contributed by atoms with Gasteiger partial charge in [0.25, 0.3) is 5.91 Å². The number of nitrogens with one attached hydrogen (secondary N) is 2. The number of benzene rings is 1. The largest absolute Gasteiger partial charge is 0.398 e. The molecule has 0 aliphatic rings. The number of carbonyl (C=O) groups is 1. The van der Waals surface area contributed by atoms with Gasteiger partial charge in [-0.3, -0.25) is 9.59 Å². The van der Waals surface area contributed by atoms with E-state index in [9.17, 15) is 9.59 Å². The average Bonchev–Trinajstić information content (AvgIpc) is 2.39. The fourth-order valence-electron chi connectivity index (χ4n) is 1.99. The van der Waals surface area contributed by atoms with Crippen molar-refractivity contribution in [2.75, 3.05) is 11.1 Å². The van der Waals surface area contributed by atoms with Crippen molar-refractivity contribution < 1.29 is 4.79 Å². The number of carbonyl (C=O) groups excluding carboxylic acids is 1. The van der Waals surface area contributed by atoms with Gasteiger partial charge in [0.15, 0.2) is 5.43 Å². The number of rotatable bonds is 2. The Balaban J connectivity index is 2.38. The van der Waals surface area contributed by atoms with Crippen LogP contribution in [0.5, 0.6) is 0 Å². The average molecular weight is 271 g/mol. The van der Waals surface area contributed by atoms with Gasteiger partial charge in [-0.25, -0.2) is 0 Å². The van der Waals surface area contributed by atoms with Gasteiger partial charge in [-0.05, 0) is 38.0 Å². The molecular weight excluding hydrogens is 254 g/mol. The number of nitrogens with two attached hydrogens (primary N) is 1. The fraction of sp³-hybridized carbons (Fsp3) is 0.200. The highest BCUT2D eigenvalue weighted by Crippen LogP contribution is 2.25.